The van der Waals surface area contributed by atoms with Crippen LogP contribution in [0.5, 0.6) is 0 Å². The van der Waals surface area contributed by atoms with Crippen molar-refractivity contribution in [3.63, 3.8) is 0 Å². The highest BCUT2D eigenvalue weighted by molar-refractivity contribution is 7.89. The number of amides is 2. The van der Waals surface area contributed by atoms with Crippen LogP contribution in [0.2, 0.25) is 0 Å². The molecule has 0 radical (unpaired) electrons. The molecule has 1 aliphatic heterocycles. The van der Waals surface area contributed by atoms with E-state index in [1.165, 1.54) is 11.0 Å². The fourth-order valence-electron chi connectivity index (χ4n) is 5.58. The molecule has 4 N–H and O–H groups in total. The first kappa shape index (κ1) is 38.1. The summed E-state index contributed by atoms with van der Waals surface area (Å²) in [6.45, 7) is 3.98. The maximum Gasteiger partial charge on any atom is 0.417 e. The second-order valence-electron chi connectivity index (χ2n) is 11.9. The number of anilines is 1. The number of carbonyl (C=O) groups excluding carboxylic acids is 2. The molecule has 13 nitrogen and oxygen atoms in total. The largest absolute Gasteiger partial charge is 0.480 e. The molecule has 2 amide bonds. The van der Waals surface area contributed by atoms with E-state index in [0.717, 1.165) is 17.2 Å². The molecule has 3 atom stereocenters. The maximum absolute atomic E-state index is 13.1. The number of halogens is 3. The fourth-order valence-corrected chi connectivity index (χ4v) is 7.22. The average Bonchev–Trinajstić information content (AvgIpc) is 3.46. The first-order valence-corrected chi connectivity index (χ1v) is 17.0. The standard InChI is InChI=1S/C33H38F3N5O8S/c1-20-11-21(2)30(22(3)12-20)50(46,47)40-27(31(43)44)16-39-29(42)19-48-26-13-25(15-38-28-10-9-24(14-37-28)33(34,35)36)41(17-26)32(45)49-18-23-7-5-4-6-8-23/h4-12,14,25-27,40H,13,15-19H2,1-3H3,(H,37,38)(H,39,42)(H,43,44). The number of hydrogen-bond acceptors (Lipinski definition) is 9. The first-order chi connectivity index (χ1) is 23.5. The van der Waals surface area contributed by atoms with Crippen LogP contribution in [0, 0.1) is 20.8 Å². The van der Waals surface area contributed by atoms with Gasteiger partial charge < -0.3 is 30.1 Å². The molecular weight excluding hydrogens is 683 g/mol. The number of carbonyl (C=O) groups is 3. The minimum absolute atomic E-state index is 0.0116. The number of likely N-dealkylation sites (tertiary alicyclic amines) is 1. The maximum atomic E-state index is 13.1. The van der Waals surface area contributed by atoms with Crippen molar-refractivity contribution in [2.24, 2.45) is 0 Å². The van der Waals surface area contributed by atoms with Crippen LogP contribution in [0.3, 0.4) is 0 Å². The van der Waals surface area contributed by atoms with Gasteiger partial charge in [0.15, 0.2) is 0 Å². The molecule has 0 saturated carbocycles. The van der Waals surface area contributed by atoms with E-state index in [9.17, 15) is 41.1 Å². The predicted molar refractivity (Wildman–Crippen MR) is 175 cm³/mol. The van der Waals surface area contributed by atoms with Gasteiger partial charge in [-0.2, -0.15) is 17.9 Å². The van der Waals surface area contributed by atoms with Crippen molar-refractivity contribution < 1.29 is 50.6 Å². The van der Waals surface area contributed by atoms with Gasteiger partial charge in [-0.25, -0.2) is 18.2 Å². The molecule has 17 heteroatoms. The molecule has 0 bridgehead atoms. The van der Waals surface area contributed by atoms with E-state index in [-0.39, 0.29) is 36.8 Å². The van der Waals surface area contributed by atoms with E-state index in [1.54, 1.807) is 57.2 Å². The summed E-state index contributed by atoms with van der Waals surface area (Å²) in [6, 6.07) is 12.1. The molecule has 1 aromatic heterocycles. The summed E-state index contributed by atoms with van der Waals surface area (Å²) in [5.74, 6) is -2.09. The lowest BCUT2D eigenvalue weighted by atomic mass is 10.1. The van der Waals surface area contributed by atoms with Crippen LogP contribution in [0.1, 0.15) is 34.2 Å². The number of aromatic nitrogens is 1. The molecule has 0 spiro atoms. The Morgan fingerprint density at radius 2 is 1.74 bits per heavy atom. The zero-order chi connectivity index (χ0) is 36.6. The van der Waals surface area contributed by atoms with Crippen molar-refractivity contribution in [2.75, 3.05) is 31.6 Å². The zero-order valence-corrected chi connectivity index (χ0v) is 28.3. The summed E-state index contributed by atoms with van der Waals surface area (Å²) in [6.07, 6.45) is -4.98. The number of carboxylic acids is 1. The van der Waals surface area contributed by atoms with Crippen LogP contribution in [0.25, 0.3) is 0 Å². The van der Waals surface area contributed by atoms with Crippen molar-refractivity contribution in [2.45, 2.75) is 63.1 Å². The molecule has 4 rings (SSSR count). The third kappa shape index (κ3) is 10.4. The normalized spacial score (nSPS) is 16.9. The van der Waals surface area contributed by atoms with Crippen LogP contribution in [0.4, 0.5) is 23.8 Å². The Bertz CT molecular complexity index is 1750. The SMILES string of the molecule is Cc1cc(C)c(S(=O)(=O)NC(CNC(=O)COC2CC(CNc3ccc(C(F)(F)F)cn3)N(C(=O)OCc3ccccc3)C2)C(=O)O)c(C)c1. The Balaban J connectivity index is 1.35. The van der Waals surface area contributed by atoms with E-state index in [4.69, 9.17) is 9.47 Å². The number of aryl methyl sites for hydroxylation is 3. The smallest absolute Gasteiger partial charge is 0.417 e. The lowest BCUT2D eigenvalue weighted by molar-refractivity contribution is -0.139. The number of nitrogens with zero attached hydrogens (tertiary/aromatic N) is 2. The number of aliphatic carboxylic acids is 1. The summed E-state index contributed by atoms with van der Waals surface area (Å²) in [5.41, 5.74) is 1.56. The van der Waals surface area contributed by atoms with Gasteiger partial charge in [-0.3, -0.25) is 9.59 Å². The minimum Gasteiger partial charge on any atom is -0.480 e. The monoisotopic (exact) mass is 721 g/mol. The van der Waals surface area contributed by atoms with Crippen LogP contribution in [-0.2, 0) is 41.9 Å². The first-order valence-electron chi connectivity index (χ1n) is 15.5. The number of hydrogen-bond donors (Lipinski definition) is 4. The lowest BCUT2D eigenvalue weighted by Gasteiger charge is -2.24. The van der Waals surface area contributed by atoms with Gasteiger partial charge in [-0.1, -0.05) is 48.0 Å². The molecular formula is C33H38F3N5O8S. The number of carboxylic acid groups (broad SMARTS) is 1. The lowest BCUT2D eigenvalue weighted by Crippen LogP contribution is -2.49. The van der Waals surface area contributed by atoms with Crippen molar-refractivity contribution in [3.8, 4) is 0 Å². The highest BCUT2D eigenvalue weighted by Crippen LogP contribution is 2.29. The summed E-state index contributed by atoms with van der Waals surface area (Å²) in [5, 5.41) is 15.0. The van der Waals surface area contributed by atoms with E-state index >= 15 is 0 Å². The molecule has 3 unspecified atom stereocenters. The number of ether oxygens (including phenoxy) is 2. The Labute approximate surface area is 287 Å². The third-order valence-electron chi connectivity index (χ3n) is 7.85. The van der Waals surface area contributed by atoms with E-state index in [0.29, 0.717) is 17.3 Å². The second kappa shape index (κ2) is 16.3. The number of alkyl halides is 3. The molecule has 0 aliphatic carbocycles. The summed E-state index contributed by atoms with van der Waals surface area (Å²) in [4.78, 5) is 42.8. The molecule has 2 aromatic carbocycles. The molecule has 1 saturated heterocycles. The number of pyridine rings is 1. The Morgan fingerprint density at radius 3 is 2.34 bits per heavy atom. The predicted octanol–water partition coefficient (Wildman–Crippen LogP) is 3.78. The van der Waals surface area contributed by atoms with Crippen LogP contribution in [-0.4, -0.2) is 85.8 Å². The number of sulfonamides is 1. The molecule has 2 heterocycles. The molecule has 1 aliphatic rings. The van der Waals surface area contributed by atoms with Crippen molar-refractivity contribution in [3.05, 3.63) is 88.6 Å². The number of rotatable bonds is 14. The van der Waals surface area contributed by atoms with Crippen molar-refractivity contribution in [1.29, 1.82) is 0 Å². The fraction of sp³-hybridized carbons (Fsp3) is 0.394. The van der Waals surface area contributed by atoms with Crippen LogP contribution < -0.4 is 15.4 Å². The molecule has 1 fully saturated rings. The highest BCUT2D eigenvalue weighted by Gasteiger charge is 2.37. The summed E-state index contributed by atoms with van der Waals surface area (Å²) in [7, 11) is -4.26. The zero-order valence-electron chi connectivity index (χ0n) is 27.5. The minimum atomic E-state index is -4.55. The Kier molecular flexibility index (Phi) is 12.4. The van der Waals surface area contributed by atoms with Crippen LogP contribution >= 0.6 is 0 Å². The van der Waals surface area contributed by atoms with Gasteiger partial charge in [0.05, 0.1) is 29.1 Å². The van der Waals surface area contributed by atoms with Crippen LogP contribution in [0.15, 0.2) is 65.7 Å². The number of benzene rings is 2. The topological polar surface area (TPSA) is 176 Å². The Hall–Kier alpha value is -4.74. The van der Waals surface area contributed by atoms with Gasteiger partial charge in [-0.05, 0) is 56.0 Å². The highest BCUT2D eigenvalue weighted by atomic mass is 32.2. The third-order valence-corrected chi connectivity index (χ3v) is 9.62. The van der Waals surface area contributed by atoms with Gasteiger partial charge in [0.2, 0.25) is 15.9 Å². The molecule has 50 heavy (non-hydrogen) atoms. The van der Waals surface area contributed by atoms with E-state index < -0.39 is 71.1 Å². The second-order valence-corrected chi connectivity index (χ2v) is 13.5. The Morgan fingerprint density at radius 1 is 1.06 bits per heavy atom. The van der Waals surface area contributed by atoms with Crippen molar-refractivity contribution in [1.82, 2.24) is 19.9 Å². The van der Waals surface area contributed by atoms with Gasteiger partial charge in [0, 0.05) is 19.3 Å². The van der Waals surface area contributed by atoms with E-state index in [2.05, 4.69) is 20.3 Å². The van der Waals surface area contributed by atoms with Gasteiger partial charge in [-0.15, -0.1) is 0 Å². The van der Waals surface area contributed by atoms with Gasteiger partial charge in [0.1, 0.15) is 25.1 Å². The summed E-state index contributed by atoms with van der Waals surface area (Å²) >= 11 is 0. The van der Waals surface area contributed by atoms with Crippen molar-refractivity contribution >= 4 is 33.8 Å². The molecule has 270 valence electrons. The van der Waals surface area contributed by atoms with Gasteiger partial charge in [0.25, 0.3) is 0 Å². The quantitative estimate of drug-likeness (QED) is 0.192. The van der Waals surface area contributed by atoms with E-state index in [1.807, 2.05) is 6.07 Å². The number of nitrogens with one attached hydrogen (secondary N) is 3. The average molecular weight is 722 g/mol. The summed E-state index contributed by atoms with van der Waals surface area (Å²) < 4.78 is 78.3. The van der Waals surface area contributed by atoms with Gasteiger partial charge >= 0.3 is 18.2 Å². The molecule has 3 aromatic rings.